The van der Waals surface area contributed by atoms with Crippen LogP contribution in [-0.2, 0) is 9.53 Å². The average molecular weight is 340 g/mol. The molecular weight excluding hydrogens is 320 g/mol. The van der Waals surface area contributed by atoms with Gasteiger partial charge in [-0.25, -0.2) is 9.59 Å². The molecule has 0 bridgehead atoms. The number of rotatable bonds is 4. The van der Waals surface area contributed by atoms with Crippen LogP contribution in [0.1, 0.15) is 35.0 Å². The van der Waals surface area contributed by atoms with E-state index < -0.39 is 17.9 Å². The number of urea groups is 1. The number of thiophene rings is 1. The van der Waals surface area contributed by atoms with Crippen molar-refractivity contribution in [2.75, 3.05) is 25.0 Å². The number of nitrogens with one attached hydrogen (secondary N) is 1. The number of carbonyl (C=O) groups excluding carboxylic acids is 2. The number of carboxylic acid groups (broad SMARTS) is 1. The molecule has 1 aliphatic heterocycles. The summed E-state index contributed by atoms with van der Waals surface area (Å²) in [6.07, 6.45) is 1.23. The van der Waals surface area contributed by atoms with E-state index in [1.54, 1.807) is 13.0 Å². The number of likely N-dealkylation sites (tertiary alicyclic amines) is 1. The van der Waals surface area contributed by atoms with Crippen LogP contribution in [0.25, 0.3) is 0 Å². The third-order valence-electron chi connectivity index (χ3n) is 3.63. The molecule has 2 N–H and O–H groups in total. The van der Waals surface area contributed by atoms with E-state index in [1.165, 1.54) is 16.2 Å². The fourth-order valence-electron chi connectivity index (χ4n) is 2.51. The highest BCUT2D eigenvalue weighted by Crippen LogP contribution is 2.29. The fraction of sp³-hybridized carbons (Fsp3) is 0.533. The quantitative estimate of drug-likeness (QED) is 0.821. The molecule has 126 valence electrons. The highest BCUT2D eigenvalue weighted by atomic mass is 32.1. The van der Waals surface area contributed by atoms with Crippen molar-refractivity contribution in [1.82, 2.24) is 4.90 Å². The lowest BCUT2D eigenvalue weighted by molar-refractivity contribution is -0.143. The second-order valence-corrected chi connectivity index (χ2v) is 6.63. The molecule has 1 aromatic heterocycles. The first-order valence-electron chi connectivity index (χ1n) is 7.48. The Kier molecular flexibility index (Phi) is 5.59. The van der Waals surface area contributed by atoms with Gasteiger partial charge in [-0.1, -0.05) is 0 Å². The van der Waals surface area contributed by atoms with E-state index in [2.05, 4.69) is 5.32 Å². The Balaban J connectivity index is 2.08. The van der Waals surface area contributed by atoms with Crippen LogP contribution in [0.5, 0.6) is 0 Å². The summed E-state index contributed by atoms with van der Waals surface area (Å²) < 4.78 is 4.98. The van der Waals surface area contributed by atoms with Crippen LogP contribution in [0.15, 0.2) is 6.07 Å². The Hall–Kier alpha value is -2.09. The molecule has 1 aliphatic rings. The minimum Gasteiger partial charge on any atom is -0.481 e. The molecule has 1 unspecified atom stereocenters. The summed E-state index contributed by atoms with van der Waals surface area (Å²) in [5.41, 5.74) is 0.328. The Morgan fingerprint density at radius 3 is 2.87 bits per heavy atom. The van der Waals surface area contributed by atoms with Gasteiger partial charge >= 0.3 is 18.0 Å². The van der Waals surface area contributed by atoms with Crippen LogP contribution in [-0.4, -0.2) is 47.7 Å². The Morgan fingerprint density at radius 1 is 1.48 bits per heavy atom. The Bertz CT molecular complexity index is 613. The van der Waals surface area contributed by atoms with Gasteiger partial charge in [-0.2, -0.15) is 0 Å². The number of ether oxygens (including phenoxy) is 1. The molecule has 1 aromatic rings. The highest BCUT2D eigenvalue weighted by Gasteiger charge is 2.29. The van der Waals surface area contributed by atoms with Gasteiger partial charge in [0, 0.05) is 18.0 Å². The lowest BCUT2D eigenvalue weighted by atomic mass is 9.99. The molecule has 8 heteroatoms. The summed E-state index contributed by atoms with van der Waals surface area (Å²) in [6, 6.07) is 1.29. The first-order chi connectivity index (χ1) is 10.9. The fourth-order valence-corrected chi connectivity index (χ4v) is 3.40. The summed E-state index contributed by atoms with van der Waals surface area (Å²) in [6.45, 7) is 4.50. The van der Waals surface area contributed by atoms with E-state index in [1.807, 2.05) is 6.92 Å². The Morgan fingerprint density at radius 2 is 2.22 bits per heavy atom. The normalized spacial score (nSPS) is 17.7. The summed E-state index contributed by atoms with van der Waals surface area (Å²) >= 11 is 1.29. The van der Waals surface area contributed by atoms with Gasteiger partial charge in [-0.15, -0.1) is 11.3 Å². The lowest BCUT2D eigenvalue weighted by Gasteiger charge is -2.30. The maximum atomic E-state index is 12.4. The minimum absolute atomic E-state index is 0.181. The van der Waals surface area contributed by atoms with Crippen molar-refractivity contribution in [3.8, 4) is 0 Å². The Labute approximate surface area is 138 Å². The molecular formula is C15H20N2O5S. The maximum absolute atomic E-state index is 12.4. The molecule has 2 rings (SSSR count). The summed E-state index contributed by atoms with van der Waals surface area (Å²) in [5.74, 6) is -1.90. The van der Waals surface area contributed by atoms with E-state index in [0.29, 0.717) is 30.0 Å². The zero-order chi connectivity index (χ0) is 17.0. The van der Waals surface area contributed by atoms with Crippen LogP contribution in [0.4, 0.5) is 9.80 Å². The van der Waals surface area contributed by atoms with E-state index in [9.17, 15) is 14.4 Å². The van der Waals surface area contributed by atoms with E-state index in [-0.39, 0.29) is 19.2 Å². The molecule has 1 atom stereocenters. The number of carboxylic acids is 1. The second kappa shape index (κ2) is 7.45. The van der Waals surface area contributed by atoms with Gasteiger partial charge in [0.25, 0.3) is 0 Å². The van der Waals surface area contributed by atoms with Crippen LogP contribution >= 0.6 is 11.3 Å². The molecule has 1 fully saturated rings. The monoisotopic (exact) mass is 340 g/mol. The average Bonchev–Trinajstić information content (AvgIpc) is 2.88. The maximum Gasteiger partial charge on any atom is 0.341 e. The van der Waals surface area contributed by atoms with Crippen LogP contribution in [0, 0.1) is 12.8 Å². The predicted molar refractivity (Wildman–Crippen MR) is 86.0 cm³/mol. The third kappa shape index (κ3) is 4.22. The predicted octanol–water partition coefficient (Wildman–Crippen LogP) is 2.56. The van der Waals surface area contributed by atoms with Crippen molar-refractivity contribution in [1.29, 1.82) is 0 Å². The van der Waals surface area contributed by atoms with Gasteiger partial charge in [0.1, 0.15) is 5.00 Å². The van der Waals surface area contributed by atoms with Gasteiger partial charge in [0.2, 0.25) is 0 Å². The number of amides is 2. The van der Waals surface area contributed by atoms with Crippen molar-refractivity contribution in [3.63, 3.8) is 0 Å². The minimum atomic E-state index is -0.887. The van der Waals surface area contributed by atoms with E-state index in [0.717, 1.165) is 4.88 Å². The summed E-state index contributed by atoms with van der Waals surface area (Å²) in [7, 11) is 0. The number of aryl methyl sites for hydroxylation is 1. The topological polar surface area (TPSA) is 95.9 Å². The molecule has 0 saturated carbocycles. The van der Waals surface area contributed by atoms with E-state index in [4.69, 9.17) is 9.84 Å². The molecule has 0 aromatic carbocycles. The van der Waals surface area contributed by atoms with Gasteiger partial charge in [-0.05, 0) is 32.8 Å². The van der Waals surface area contributed by atoms with E-state index >= 15 is 0 Å². The van der Waals surface area contributed by atoms with Crippen molar-refractivity contribution >= 4 is 34.3 Å². The molecule has 2 amide bonds. The molecule has 0 spiro atoms. The molecule has 2 heterocycles. The zero-order valence-electron chi connectivity index (χ0n) is 13.1. The number of esters is 1. The van der Waals surface area contributed by atoms with Crippen LogP contribution in [0.2, 0.25) is 0 Å². The number of carbonyl (C=O) groups is 3. The number of hydrogen-bond donors (Lipinski definition) is 2. The number of hydrogen-bond acceptors (Lipinski definition) is 5. The lowest BCUT2D eigenvalue weighted by Crippen LogP contribution is -2.44. The molecule has 0 aliphatic carbocycles. The zero-order valence-corrected chi connectivity index (χ0v) is 13.9. The van der Waals surface area contributed by atoms with Crippen molar-refractivity contribution in [2.24, 2.45) is 5.92 Å². The van der Waals surface area contributed by atoms with Gasteiger partial charge < -0.3 is 14.7 Å². The highest BCUT2D eigenvalue weighted by molar-refractivity contribution is 7.16. The van der Waals surface area contributed by atoms with Crippen molar-refractivity contribution in [3.05, 3.63) is 16.5 Å². The van der Waals surface area contributed by atoms with Crippen molar-refractivity contribution in [2.45, 2.75) is 26.7 Å². The third-order valence-corrected chi connectivity index (χ3v) is 4.59. The number of piperidine rings is 1. The first kappa shape index (κ1) is 17.3. The molecule has 1 saturated heterocycles. The van der Waals surface area contributed by atoms with Crippen LogP contribution in [0.3, 0.4) is 0 Å². The summed E-state index contributed by atoms with van der Waals surface area (Å²) in [4.78, 5) is 37.7. The number of anilines is 1. The van der Waals surface area contributed by atoms with Gasteiger partial charge in [-0.3, -0.25) is 10.1 Å². The number of aliphatic carboxylic acids is 1. The standard InChI is InChI=1S/C15H20N2O5S/c1-3-22-14(20)11-7-9(2)23-12(11)16-15(21)17-6-4-5-10(8-17)13(18)19/h7,10H,3-6,8H2,1-2H3,(H,16,21)(H,18,19). The molecule has 7 nitrogen and oxygen atoms in total. The summed E-state index contributed by atoms with van der Waals surface area (Å²) in [5, 5.41) is 12.2. The molecule has 23 heavy (non-hydrogen) atoms. The van der Waals surface area contributed by atoms with Gasteiger partial charge in [0.15, 0.2) is 0 Å². The SMILES string of the molecule is CCOC(=O)c1cc(C)sc1NC(=O)N1CCCC(C(=O)O)C1. The smallest absolute Gasteiger partial charge is 0.341 e. The largest absolute Gasteiger partial charge is 0.481 e. The van der Waals surface area contributed by atoms with Crippen LogP contribution < -0.4 is 5.32 Å². The second-order valence-electron chi connectivity index (χ2n) is 5.37. The molecule has 0 radical (unpaired) electrons. The van der Waals surface area contributed by atoms with Crippen molar-refractivity contribution < 1.29 is 24.2 Å². The first-order valence-corrected chi connectivity index (χ1v) is 8.30. The van der Waals surface area contributed by atoms with Gasteiger partial charge in [0.05, 0.1) is 18.1 Å². The number of nitrogens with zero attached hydrogens (tertiary/aromatic N) is 1.